The molecular formula is C21H22FN3O2. The van der Waals surface area contributed by atoms with E-state index in [1.54, 1.807) is 30.1 Å². The van der Waals surface area contributed by atoms with E-state index >= 15 is 0 Å². The minimum absolute atomic E-state index is 0.164. The summed E-state index contributed by atoms with van der Waals surface area (Å²) in [6, 6.07) is 14.6. The van der Waals surface area contributed by atoms with Gasteiger partial charge in [-0.15, -0.1) is 0 Å². The number of carbonyl (C=O) groups is 1. The first-order valence-corrected chi connectivity index (χ1v) is 9.06. The molecule has 0 unspecified atom stereocenters. The molecule has 6 heteroatoms. The fraction of sp³-hybridized carbons (Fsp3) is 0.286. The van der Waals surface area contributed by atoms with Crippen molar-refractivity contribution in [2.24, 2.45) is 0 Å². The first kappa shape index (κ1) is 17.5. The van der Waals surface area contributed by atoms with Gasteiger partial charge in [0.05, 0.1) is 13.2 Å². The molecule has 1 aliphatic heterocycles. The molecule has 1 aromatic heterocycles. The van der Waals surface area contributed by atoms with Crippen molar-refractivity contribution in [3.63, 3.8) is 0 Å². The maximum absolute atomic E-state index is 13.8. The van der Waals surface area contributed by atoms with Gasteiger partial charge in [0.2, 0.25) is 0 Å². The predicted molar refractivity (Wildman–Crippen MR) is 104 cm³/mol. The Bertz CT molecular complexity index is 946. The lowest BCUT2D eigenvalue weighted by Gasteiger charge is -2.29. The summed E-state index contributed by atoms with van der Waals surface area (Å²) in [5, 5.41) is 0.434. The number of benzene rings is 2. The molecule has 27 heavy (non-hydrogen) atoms. The third-order valence-electron chi connectivity index (χ3n) is 4.92. The summed E-state index contributed by atoms with van der Waals surface area (Å²) in [6.45, 7) is 3.79. The van der Waals surface area contributed by atoms with Crippen LogP contribution in [0.3, 0.4) is 0 Å². The quantitative estimate of drug-likeness (QED) is 0.769. The van der Waals surface area contributed by atoms with Crippen LogP contribution in [0.15, 0.2) is 48.5 Å². The molecule has 1 amide bonds. The van der Waals surface area contributed by atoms with Crippen molar-refractivity contribution in [2.45, 2.75) is 6.54 Å². The normalized spacial score (nSPS) is 14.5. The van der Waals surface area contributed by atoms with Crippen LogP contribution in [0.1, 0.15) is 16.1 Å². The van der Waals surface area contributed by atoms with Crippen molar-refractivity contribution in [1.29, 1.82) is 0 Å². The van der Waals surface area contributed by atoms with E-state index in [4.69, 9.17) is 4.74 Å². The minimum atomic E-state index is -0.329. The molecule has 1 saturated heterocycles. The van der Waals surface area contributed by atoms with Crippen LogP contribution in [-0.4, -0.2) is 49.1 Å². The van der Waals surface area contributed by atoms with Crippen molar-refractivity contribution < 1.29 is 13.9 Å². The predicted octanol–water partition coefficient (Wildman–Crippen LogP) is 3.42. The van der Waals surface area contributed by atoms with Gasteiger partial charge < -0.3 is 19.5 Å². The lowest BCUT2D eigenvalue weighted by atomic mass is 10.1. The number of hydrogen-bond acceptors (Lipinski definition) is 3. The van der Waals surface area contributed by atoms with E-state index in [2.05, 4.69) is 22.0 Å². The first-order valence-electron chi connectivity index (χ1n) is 9.06. The number of rotatable bonds is 4. The van der Waals surface area contributed by atoms with E-state index in [9.17, 15) is 9.18 Å². The minimum Gasteiger partial charge on any atom is -0.378 e. The number of morpholine rings is 1. The maximum Gasteiger partial charge on any atom is 0.270 e. The molecule has 2 aromatic carbocycles. The van der Waals surface area contributed by atoms with Gasteiger partial charge in [-0.25, -0.2) is 4.39 Å². The standard InChI is InChI=1S/C21H22FN3O2/c1-24(21(26)20-13-17-18(22)3-2-4-19(17)23-20)14-15-5-7-16(8-6-15)25-9-11-27-12-10-25/h2-8,13,23H,9-12,14H2,1H3. The highest BCUT2D eigenvalue weighted by Crippen LogP contribution is 2.21. The van der Waals surface area contributed by atoms with Gasteiger partial charge in [-0.05, 0) is 35.9 Å². The van der Waals surface area contributed by atoms with Gasteiger partial charge in [0.25, 0.3) is 5.91 Å². The smallest absolute Gasteiger partial charge is 0.270 e. The van der Waals surface area contributed by atoms with Crippen LogP contribution in [0.2, 0.25) is 0 Å². The number of halogens is 1. The summed E-state index contributed by atoms with van der Waals surface area (Å²) in [5.74, 6) is -0.494. The first-order chi connectivity index (χ1) is 13.1. The second-order valence-electron chi connectivity index (χ2n) is 6.81. The summed E-state index contributed by atoms with van der Waals surface area (Å²) in [7, 11) is 1.75. The molecule has 0 aliphatic carbocycles. The van der Waals surface area contributed by atoms with Crippen LogP contribution in [-0.2, 0) is 11.3 Å². The van der Waals surface area contributed by atoms with E-state index in [0.29, 0.717) is 23.1 Å². The number of nitrogens with one attached hydrogen (secondary N) is 1. The molecule has 2 heterocycles. The number of amides is 1. The summed E-state index contributed by atoms with van der Waals surface area (Å²) in [5.41, 5.74) is 3.23. The van der Waals surface area contributed by atoms with Crippen molar-refractivity contribution >= 4 is 22.5 Å². The fourth-order valence-corrected chi connectivity index (χ4v) is 3.42. The van der Waals surface area contributed by atoms with Crippen LogP contribution in [0.5, 0.6) is 0 Å². The molecule has 140 valence electrons. The lowest BCUT2D eigenvalue weighted by molar-refractivity contribution is 0.0780. The van der Waals surface area contributed by atoms with Gasteiger partial charge in [-0.2, -0.15) is 0 Å². The van der Waals surface area contributed by atoms with Crippen LogP contribution in [0.25, 0.3) is 10.9 Å². The number of ether oxygens (including phenoxy) is 1. The highest BCUT2D eigenvalue weighted by Gasteiger charge is 2.16. The number of anilines is 1. The topological polar surface area (TPSA) is 48.6 Å². The highest BCUT2D eigenvalue weighted by molar-refractivity contribution is 5.98. The molecule has 3 aromatic rings. The molecule has 1 aliphatic rings. The molecule has 4 rings (SSSR count). The third kappa shape index (κ3) is 3.66. The summed E-state index contributed by atoms with van der Waals surface area (Å²) >= 11 is 0. The van der Waals surface area contributed by atoms with E-state index in [1.165, 1.54) is 11.8 Å². The SMILES string of the molecule is CN(Cc1ccc(N2CCOCC2)cc1)C(=O)c1cc2c(F)cccc2[nH]1. The van der Waals surface area contributed by atoms with E-state index in [0.717, 1.165) is 31.9 Å². The number of aromatic nitrogens is 1. The molecule has 0 radical (unpaired) electrons. The number of fused-ring (bicyclic) bond motifs is 1. The molecule has 0 saturated carbocycles. The second-order valence-corrected chi connectivity index (χ2v) is 6.81. The largest absolute Gasteiger partial charge is 0.378 e. The van der Waals surface area contributed by atoms with Gasteiger partial charge in [0, 0.05) is 43.3 Å². The average Bonchev–Trinajstić information content (AvgIpc) is 3.14. The molecule has 5 nitrogen and oxygen atoms in total. The fourth-order valence-electron chi connectivity index (χ4n) is 3.42. The Labute approximate surface area is 157 Å². The number of nitrogens with zero attached hydrogens (tertiary/aromatic N) is 2. The monoisotopic (exact) mass is 367 g/mol. The number of carbonyl (C=O) groups excluding carboxylic acids is 1. The van der Waals surface area contributed by atoms with Gasteiger partial charge in [-0.1, -0.05) is 18.2 Å². The molecule has 1 N–H and O–H groups in total. The van der Waals surface area contributed by atoms with Crippen molar-refractivity contribution in [3.8, 4) is 0 Å². The second kappa shape index (κ2) is 7.40. The van der Waals surface area contributed by atoms with Crippen molar-refractivity contribution in [1.82, 2.24) is 9.88 Å². The average molecular weight is 367 g/mol. The summed E-state index contributed by atoms with van der Waals surface area (Å²) in [6.07, 6.45) is 0. The molecule has 1 fully saturated rings. The third-order valence-corrected chi connectivity index (χ3v) is 4.92. The molecular weight excluding hydrogens is 345 g/mol. The summed E-state index contributed by atoms with van der Waals surface area (Å²) in [4.78, 5) is 19.6. The Hall–Kier alpha value is -2.86. The Balaban J connectivity index is 1.45. The highest BCUT2D eigenvalue weighted by atomic mass is 19.1. The van der Waals surface area contributed by atoms with Crippen LogP contribution < -0.4 is 4.90 Å². The van der Waals surface area contributed by atoms with E-state index < -0.39 is 0 Å². The molecule has 0 spiro atoms. The van der Waals surface area contributed by atoms with E-state index in [1.807, 2.05) is 12.1 Å². The zero-order valence-electron chi connectivity index (χ0n) is 15.2. The Kier molecular flexibility index (Phi) is 4.81. The Morgan fingerprint density at radius 2 is 1.93 bits per heavy atom. The molecule has 0 bridgehead atoms. The van der Waals surface area contributed by atoms with E-state index in [-0.39, 0.29) is 11.7 Å². The Morgan fingerprint density at radius 1 is 1.19 bits per heavy atom. The van der Waals surface area contributed by atoms with Crippen molar-refractivity contribution in [2.75, 3.05) is 38.3 Å². The Morgan fingerprint density at radius 3 is 2.63 bits per heavy atom. The van der Waals surface area contributed by atoms with Crippen LogP contribution in [0.4, 0.5) is 10.1 Å². The zero-order chi connectivity index (χ0) is 18.8. The molecule has 0 atom stereocenters. The summed E-state index contributed by atoms with van der Waals surface area (Å²) < 4.78 is 19.2. The zero-order valence-corrected chi connectivity index (χ0v) is 15.2. The lowest BCUT2D eigenvalue weighted by Crippen LogP contribution is -2.36. The van der Waals surface area contributed by atoms with Gasteiger partial charge in [-0.3, -0.25) is 4.79 Å². The van der Waals surface area contributed by atoms with Crippen molar-refractivity contribution in [3.05, 3.63) is 65.6 Å². The van der Waals surface area contributed by atoms with Gasteiger partial charge in [0.15, 0.2) is 0 Å². The van der Waals surface area contributed by atoms with Crippen LogP contribution >= 0.6 is 0 Å². The van der Waals surface area contributed by atoms with Crippen LogP contribution in [0, 0.1) is 5.82 Å². The maximum atomic E-state index is 13.8. The van der Waals surface area contributed by atoms with Gasteiger partial charge in [0.1, 0.15) is 11.5 Å². The number of aromatic amines is 1. The van der Waals surface area contributed by atoms with Gasteiger partial charge >= 0.3 is 0 Å². The number of H-pyrrole nitrogens is 1. The number of hydrogen-bond donors (Lipinski definition) is 1.